The minimum Gasteiger partial charge on any atom is -0.460 e. The molecule has 2 N–H and O–H groups in total. The van der Waals surface area contributed by atoms with E-state index >= 15 is 0 Å². The van der Waals surface area contributed by atoms with Gasteiger partial charge < -0.3 is 15.4 Å². The third kappa shape index (κ3) is 4.39. The van der Waals surface area contributed by atoms with Crippen LogP contribution in [0.1, 0.15) is 62.5 Å². The normalized spacial score (nSPS) is 18.0. The number of hydrogen-bond acceptors (Lipinski definition) is 4. The monoisotopic (exact) mass is 410 g/mol. The van der Waals surface area contributed by atoms with E-state index in [1.165, 1.54) is 4.90 Å². The van der Waals surface area contributed by atoms with Crippen molar-refractivity contribution in [2.24, 2.45) is 5.73 Å². The highest BCUT2D eigenvalue weighted by molar-refractivity contribution is 9.10. The van der Waals surface area contributed by atoms with Gasteiger partial charge in [-0.1, -0.05) is 15.9 Å². The summed E-state index contributed by atoms with van der Waals surface area (Å²) in [6.07, 6.45) is 0.150. The quantitative estimate of drug-likeness (QED) is 0.755. The summed E-state index contributed by atoms with van der Waals surface area (Å²) in [6.45, 7) is 7.17. The van der Waals surface area contributed by atoms with Crippen LogP contribution in [0.5, 0.6) is 0 Å². The van der Waals surface area contributed by atoms with Gasteiger partial charge in [-0.15, -0.1) is 0 Å². The van der Waals surface area contributed by atoms with Crippen molar-refractivity contribution >= 4 is 33.7 Å². The van der Waals surface area contributed by atoms with E-state index in [2.05, 4.69) is 15.9 Å². The summed E-state index contributed by atoms with van der Waals surface area (Å²) < 4.78 is 6.12. The van der Waals surface area contributed by atoms with Crippen molar-refractivity contribution < 1.29 is 19.1 Å². The highest BCUT2D eigenvalue weighted by Gasteiger charge is 2.40. The molecule has 2 atom stereocenters. The molecule has 1 aliphatic rings. The van der Waals surface area contributed by atoms with Crippen LogP contribution in [0, 0.1) is 0 Å². The van der Waals surface area contributed by atoms with Gasteiger partial charge in [0, 0.05) is 16.5 Å². The largest absolute Gasteiger partial charge is 0.460 e. The second-order valence-electron chi connectivity index (χ2n) is 7.16. The van der Waals surface area contributed by atoms with Gasteiger partial charge in [0.25, 0.3) is 5.91 Å². The van der Waals surface area contributed by atoms with Gasteiger partial charge in [-0.05, 0) is 57.9 Å². The van der Waals surface area contributed by atoms with E-state index in [0.29, 0.717) is 5.56 Å². The molecule has 0 saturated carbocycles. The van der Waals surface area contributed by atoms with Gasteiger partial charge in [0.15, 0.2) is 0 Å². The number of ether oxygens (including phenoxy) is 1. The topological polar surface area (TPSA) is 89.7 Å². The zero-order valence-electron chi connectivity index (χ0n) is 14.8. The van der Waals surface area contributed by atoms with Gasteiger partial charge >= 0.3 is 5.97 Å². The fraction of sp³-hybridized carbons (Fsp3) is 0.500. The van der Waals surface area contributed by atoms with Crippen LogP contribution in [0.25, 0.3) is 0 Å². The van der Waals surface area contributed by atoms with Crippen molar-refractivity contribution in [3.63, 3.8) is 0 Å². The van der Waals surface area contributed by atoms with E-state index in [0.717, 1.165) is 10.0 Å². The summed E-state index contributed by atoms with van der Waals surface area (Å²) in [7, 11) is 0. The molecule has 2 rings (SSSR count). The van der Waals surface area contributed by atoms with Gasteiger partial charge in [0.1, 0.15) is 11.6 Å². The molecule has 0 aliphatic carbocycles. The molecule has 2 amide bonds. The standard InChI is InChI=1S/C18H23BrN2O4/c1-10-13-9-11(19)5-6-12(13)17(24)21(10)14(16(20)23)7-8-15(22)25-18(2,3)4/h5-6,9-10,14H,7-8H2,1-4H3,(H2,20,23)/t10-,14+/m1/s1. The minimum absolute atomic E-state index is 0.0153. The molecule has 0 fully saturated rings. The van der Waals surface area contributed by atoms with Crippen molar-refractivity contribution in [1.29, 1.82) is 0 Å². The molecule has 7 heteroatoms. The third-order valence-electron chi connectivity index (χ3n) is 4.05. The van der Waals surface area contributed by atoms with Crippen LogP contribution < -0.4 is 5.73 Å². The zero-order chi connectivity index (χ0) is 18.9. The van der Waals surface area contributed by atoms with E-state index in [9.17, 15) is 14.4 Å². The average molecular weight is 411 g/mol. The number of primary amides is 1. The van der Waals surface area contributed by atoms with E-state index in [4.69, 9.17) is 10.5 Å². The molecule has 0 radical (unpaired) electrons. The molecule has 1 aromatic rings. The van der Waals surface area contributed by atoms with Crippen molar-refractivity contribution in [2.75, 3.05) is 0 Å². The van der Waals surface area contributed by atoms with Gasteiger partial charge in [-0.2, -0.15) is 0 Å². The van der Waals surface area contributed by atoms with E-state index in [1.807, 2.05) is 13.0 Å². The fourth-order valence-electron chi connectivity index (χ4n) is 3.02. The molecular weight excluding hydrogens is 388 g/mol. The Morgan fingerprint density at radius 1 is 1.36 bits per heavy atom. The second-order valence-corrected chi connectivity index (χ2v) is 8.08. The minimum atomic E-state index is -0.860. The molecule has 0 unspecified atom stereocenters. The Labute approximate surface area is 155 Å². The Kier molecular flexibility index (Phi) is 5.56. The first kappa shape index (κ1) is 19.4. The SMILES string of the molecule is C[C@@H]1c2cc(Br)ccc2C(=O)N1[C@@H](CCC(=O)OC(C)(C)C)C(N)=O. The van der Waals surface area contributed by atoms with Crippen molar-refractivity contribution in [1.82, 2.24) is 4.90 Å². The number of fused-ring (bicyclic) bond motifs is 1. The Morgan fingerprint density at radius 2 is 2.00 bits per heavy atom. The predicted octanol–water partition coefficient (Wildman–Crippen LogP) is 2.94. The number of nitrogens with zero attached hydrogens (tertiary/aromatic N) is 1. The summed E-state index contributed by atoms with van der Waals surface area (Å²) in [5.74, 6) is -1.29. The summed E-state index contributed by atoms with van der Waals surface area (Å²) in [4.78, 5) is 38.1. The lowest BCUT2D eigenvalue weighted by atomic mass is 10.0. The molecule has 1 aliphatic heterocycles. The molecule has 1 aromatic carbocycles. The number of halogens is 1. The Hall–Kier alpha value is -1.89. The van der Waals surface area contributed by atoms with Crippen molar-refractivity contribution in [3.8, 4) is 0 Å². The third-order valence-corrected chi connectivity index (χ3v) is 4.55. The second kappa shape index (κ2) is 7.15. The molecule has 0 spiro atoms. The van der Waals surface area contributed by atoms with E-state index in [-0.39, 0.29) is 24.8 Å². The van der Waals surface area contributed by atoms with Gasteiger partial charge in [-0.3, -0.25) is 14.4 Å². The summed E-state index contributed by atoms with van der Waals surface area (Å²) in [5, 5.41) is 0. The number of carbonyl (C=O) groups is 3. The van der Waals surface area contributed by atoms with Crippen LogP contribution in [0.15, 0.2) is 22.7 Å². The van der Waals surface area contributed by atoms with Crippen LogP contribution in [0.4, 0.5) is 0 Å². The van der Waals surface area contributed by atoms with Gasteiger partial charge in [-0.25, -0.2) is 0 Å². The van der Waals surface area contributed by atoms with Crippen molar-refractivity contribution in [3.05, 3.63) is 33.8 Å². The van der Waals surface area contributed by atoms with Crippen LogP contribution in [0.2, 0.25) is 0 Å². The summed E-state index contributed by atoms with van der Waals surface area (Å²) >= 11 is 3.39. The number of hydrogen-bond donors (Lipinski definition) is 1. The number of nitrogens with two attached hydrogens (primary N) is 1. The Balaban J connectivity index is 2.17. The maximum Gasteiger partial charge on any atom is 0.306 e. The summed E-state index contributed by atoms with van der Waals surface area (Å²) in [6, 6.07) is 4.22. The Bertz CT molecular complexity index is 712. The predicted molar refractivity (Wildman–Crippen MR) is 96.8 cm³/mol. The highest BCUT2D eigenvalue weighted by Crippen LogP contribution is 2.37. The number of carbonyl (C=O) groups excluding carboxylic acids is 3. The van der Waals surface area contributed by atoms with Gasteiger partial charge in [0.05, 0.1) is 6.04 Å². The molecule has 0 bridgehead atoms. The van der Waals surface area contributed by atoms with Gasteiger partial charge in [0.2, 0.25) is 5.91 Å². The molecule has 1 heterocycles. The number of amides is 2. The summed E-state index contributed by atoms with van der Waals surface area (Å²) in [5.41, 5.74) is 6.32. The first-order valence-electron chi connectivity index (χ1n) is 8.14. The highest BCUT2D eigenvalue weighted by atomic mass is 79.9. The Morgan fingerprint density at radius 3 is 2.56 bits per heavy atom. The van der Waals surface area contributed by atoms with Crippen LogP contribution >= 0.6 is 15.9 Å². The van der Waals surface area contributed by atoms with Crippen LogP contribution in [-0.2, 0) is 14.3 Å². The maximum atomic E-state index is 12.7. The first-order valence-corrected chi connectivity index (χ1v) is 8.94. The lowest BCUT2D eigenvalue weighted by Crippen LogP contribution is -2.46. The number of rotatable bonds is 5. The van der Waals surface area contributed by atoms with Crippen LogP contribution in [-0.4, -0.2) is 34.3 Å². The number of benzene rings is 1. The molecule has 25 heavy (non-hydrogen) atoms. The van der Waals surface area contributed by atoms with E-state index < -0.39 is 23.5 Å². The van der Waals surface area contributed by atoms with Crippen molar-refractivity contribution in [2.45, 2.75) is 58.2 Å². The molecular formula is C18H23BrN2O4. The van der Waals surface area contributed by atoms with E-state index in [1.54, 1.807) is 32.9 Å². The lowest BCUT2D eigenvalue weighted by Gasteiger charge is -2.30. The first-order chi connectivity index (χ1) is 11.5. The van der Waals surface area contributed by atoms with Crippen LogP contribution in [0.3, 0.4) is 0 Å². The molecule has 0 aromatic heterocycles. The molecule has 136 valence electrons. The molecule has 0 saturated heterocycles. The molecule has 6 nitrogen and oxygen atoms in total. The number of esters is 1. The fourth-order valence-corrected chi connectivity index (χ4v) is 3.39. The smallest absolute Gasteiger partial charge is 0.306 e. The average Bonchev–Trinajstić information content (AvgIpc) is 2.70. The maximum absolute atomic E-state index is 12.7. The zero-order valence-corrected chi connectivity index (χ0v) is 16.4. The lowest BCUT2D eigenvalue weighted by molar-refractivity contribution is -0.155.